The van der Waals surface area contributed by atoms with Crippen LogP contribution < -0.4 is 4.74 Å². The Balaban J connectivity index is 3.43. The fourth-order valence-corrected chi connectivity index (χ4v) is 1.88. The summed E-state index contributed by atoms with van der Waals surface area (Å²) in [5, 5.41) is 0. The van der Waals surface area contributed by atoms with E-state index in [4.69, 9.17) is 4.74 Å². The number of methoxy groups -OCH3 is 1. The molecule has 0 aromatic heterocycles. The quantitative estimate of drug-likeness (QED) is 0.781. The van der Waals surface area contributed by atoms with Gasteiger partial charge in [0.15, 0.2) is 0 Å². The molecule has 0 heterocycles. The third kappa shape index (κ3) is 1.98. The van der Waals surface area contributed by atoms with Crippen LogP contribution in [-0.4, -0.2) is 7.11 Å². The monoisotopic (exact) mass is 258 g/mol. The molecular weight excluding hydrogens is 247 g/mol. The van der Waals surface area contributed by atoms with Crippen molar-refractivity contribution in [3.8, 4) is 5.75 Å². The molecule has 1 nitrogen and oxygen atoms in total. The van der Waals surface area contributed by atoms with Gasteiger partial charge in [0, 0.05) is 11.1 Å². The van der Waals surface area contributed by atoms with Gasteiger partial charge in [0.05, 0.1) is 11.6 Å². The van der Waals surface area contributed by atoms with E-state index in [9.17, 15) is 4.39 Å². The Morgan fingerprint density at radius 2 is 2.14 bits per heavy atom. The molecule has 3 heteroatoms. The largest absolute Gasteiger partial charge is 0.496 e. The van der Waals surface area contributed by atoms with Crippen molar-refractivity contribution in [2.75, 3.05) is 7.11 Å². The van der Waals surface area contributed by atoms with Gasteiger partial charge in [0.1, 0.15) is 11.6 Å². The van der Waals surface area contributed by atoms with Crippen LogP contribution >= 0.6 is 15.9 Å². The highest BCUT2D eigenvalue weighted by molar-refractivity contribution is 9.10. The number of rotatable bonds is 2. The van der Waals surface area contributed by atoms with Crippen LogP contribution in [0, 0.1) is 12.7 Å². The van der Waals surface area contributed by atoms with E-state index >= 15 is 0 Å². The van der Waals surface area contributed by atoms with Crippen LogP contribution in [0.1, 0.15) is 18.1 Å². The zero-order chi connectivity index (χ0) is 10.7. The molecule has 0 amide bonds. The number of allylic oxidation sites excluding steroid dienone is 1. The second-order valence-corrected chi connectivity index (χ2v) is 3.77. The molecule has 0 fully saturated rings. The molecule has 14 heavy (non-hydrogen) atoms. The molecule has 0 saturated carbocycles. The van der Waals surface area contributed by atoms with Gasteiger partial charge in [-0.05, 0) is 35.8 Å². The van der Waals surface area contributed by atoms with E-state index in [-0.39, 0.29) is 5.82 Å². The zero-order valence-electron chi connectivity index (χ0n) is 8.40. The van der Waals surface area contributed by atoms with Crippen molar-refractivity contribution in [1.82, 2.24) is 0 Å². The molecule has 76 valence electrons. The highest BCUT2D eigenvalue weighted by atomic mass is 79.9. The summed E-state index contributed by atoms with van der Waals surface area (Å²) in [4.78, 5) is 0. The molecule has 1 aromatic rings. The molecule has 0 bridgehead atoms. The lowest BCUT2D eigenvalue weighted by atomic mass is 10.1. The van der Waals surface area contributed by atoms with Gasteiger partial charge in [0.2, 0.25) is 0 Å². The van der Waals surface area contributed by atoms with Crippen molar-refractivity contribution in [2.24, 2.45) is 0 Å². The molecule has 0 atom stereocenters. The molecule has 0 N–H and O–H groups in total. The summed E-state index contributed by atoms with van der Waals surface area (Å²) in [5.41, 5.74) is 1.40. The van der Waals surface area contributed by atoms with Crippen LogP contribution in [0.4, 0.5) is 4.39 Å². The summed E-state index contributed by atoms with van der Waals surface area (Å²) in [7, 11) is 1.54. The minimum Gasteiger partial charge on any atom is -0.496 e. The first-order chi connectivity index (χ1) is 6.61. The van der Waals surface area contributed by atoms with E-state index in [1.165, 1.54) is 0 Å². The standard InChI is InChI=1S/C11H12BrFO/c1-4-5-8-6-9(12)10(13)7(2)11(8)14-3/h4-6H,1-3H3. The number of halogens is 2. The van der Waals surface area contributed by atoms with Crippen molar-refractivity contribution in [1.29, 1.82) is 0 Å². The van der Waals surface area contributed by atoms with E-state index in [0.29, 0.717) is 15.8 Å². The third-order valence-electron chi connectivity index (χ3n) is 1.97. The lowest BCUT2D eigenvalue weighted by Crippen LogP contribution is -1.95. The fraction of sp³-hybridized carbons (Fsp3) is 0.273. The Kier molecular flexibility index (Phi) is 3.69. The van der Waals surface area contributed by atoms with Crippen LogP contribution in [0.25, 0.3) is 6.08 Å². The smallest absolute Gasteiger partial charge is 0.144 e. The molecule has 0 aliphatic rings. The summed E-state index contributed by atoms with van der Waals surface area (Å²) < 4.78 is 19.1. The first-order valence-corrected chi connectivity index (χ1v) is 5.06. The van der Waals surface area contributed by atoms with Crippen molar-refractivity contribution >= 4 is 22.0 Å². The number of hydrogen-bond donors (Lipinski definition) is 0. The Morgan fingerprint density at radius 1 is 1.50 bits per heavy atom. The van der Waals surface area contributed by atoms with Gasteiger partial charge in [-0.3, -0.25) is 0 Å². The van der Waals surface area contributed by atoms with Crippen LogP contribution in [0.5, 0.6) is 5.75 Å². The van der Waals surface area contributed by atoms with Crippen molar-refractivity contribution < 1.29 is 9.13 Å². The minimum absolute atomic E-state index is 0.268. The molecule has 0 aliphatic heterocycles. The molecule has 0 aliphatic carbocycles. The Labute approximate surface area is 91.7 Å². The predicted octanol–water partition coefficient (Wildman–Crippen LogP) is 3.94. The van der Waals surface area contributed by atoms with Gasteiger partial charge in [0.25, 0.3) is 0 Å². The molecule has 0 radical (unpaired) electrons. The van der Waals surface area contributed by atoms with Gasteiger partial charge in [-0.2, -0.15) is 0 Å². The number of benzene rings is 1. The van der Waals surface area contributed by atoms with Crippen molar-refractivity contribution in [3.63, 3.8) is 0 Å². The molecule has 0 spiro atoms. The van der Waals surface area contributed by atoms with Crippen LogP contribution in [0.2, 0.25) is 0 Å². The van der Waals surface area contributed by atoms with Crippen LogP contribution in [0.3, 0.4) is 0 Å². The topological polar surface area (TPSA) is 9.23 Å². The van der Waals surface area contributed by atoms with Crippen LogP contribution in [0.15, 0.2) is 16.6 Å². The Morgan fingerprint density at radius 3 is 2.64 bits per heavy atom. The summed E-state index contributed by atoms with van der Waals surface area (Å²) >= 11 is 3.17. The normalized spacial score (nSPS) is 10.9. The molecular formula is C11H12BrFO. The van der Waals surface area contributed by atoms with E-state index in [1.54, 1.807) is 20.1 Å². The average molecular weight is 259 g/mol. The summed E-state index contributed by atoms with van der Waals surface area (Å²) in [6, 6.07) is 1.71. The second kappa shape index (κ2) is 4.60. The van der Waals surface area contributed by atoms with Gasteiger partial charge < -0.3 is 4.74 Å². The van der Waals surface area contributed by atoms with Gasteiger partial charge >= 0.3 is 0 Å². The maximum atomic E-state index is 13.4. The molecule has 1 aromatic carbocycles. The SMILES string of the molecule is CC=Cc1cc(Br)c(F)c(C)c1OC. The van der Waals surface area contributed by atoms with Gasteiger partial charge in [-0.15, -0.1) is 0 Å². The second-order valence-electron chi connectivity index (χ2n) is 2.92. The van der Waals surface area contributed by atoms with Gasteiger partial charge in [-0.25, -0.2) is 4.39 Å². The highest BCUT2D eigenvalue weighted by Gasteiger charge is 2.12. The lowest BCUT2D eigenvalue weighted by Gasteiger charge is -2.10. The van der Waals surface area contributed by atoms with E-state index in [0.717, 1.165) is 5.56 Å². The van der Waals surface area contributed by atoms with Crippen molar-refractivity contribution in [3.05, 3.63) is 33.6 Å². The van der Waals surface area contributed by atoms with Crippen LogP contribution in [-0.2, 0) is 0 Å². The molecule has 0 unspecified atom stereocenters. The first kappa shape index (κ1) is 11.2. The first-order valence-electron chi connectivity index (χ1n) is 4.27. The molecule has 1 rings (SSSR count). The van der Waals surface area contributed by atoms with Crippen molar-refractivity contribution in [2.45, 2.75) is 13.8 Å². The zero-order valence-corrected chi connectivity index (χ0v) is 9.98. The Bertz CT molecular complexity index is 372. The highest BCUT2D eigenvalue weighted by Crippen LogP contribution is 2.31. The minimum atomic E-state index is -0.268. The average Bonchev–Trinajstić information content (AvgIpc) is 2.16. The van der Waals surface area contributed by atoms with E-state index < -0.39 is 0 Å². The lowest BCUT2D eigenvalue weighted by molar-refractivity contribution is 0.406. The maximum Gasteiger partial charge on any atom is 0.144 e. The summed E-state index contributed by atoms with van der Waals surface area (Å²) in [6.07, 6.45) is 3.78. The summed E-state index contributed by atoms with van der Waals surface area (Å²) in [5.74, 6) is 0.318. The molecule has 0 saturated heterocycles. The Hall–Kier alpha value is -0.830. The number of hydrogen-bond acceptors (Lipinski definition) is 1. The van der Waals surface area contributed by atoms with E-state index in [1.807, 2.05) is 19.1 Å². The van der Waals surface area contributed by atoms with E-state index in [2.05, 4.69) is 15.9 Å². The maximum absolute atomic E-state index is 13.4. The summed E-state index contributed by atoms with van der Waals surface area (Å²) in [6.45, 7) is 3.61. The fourth-order valence-electron chi connectivity index (χ4n) is 1.34. The third-order valence-corrected chi connectivity index (χ3v) is 2.55. The number of ether oxygens (including phenoxy) is 1. The van der Waals surface area contributed by atoms with Gasteiger partial charge in [-0.1, -0.05) is 12.2 Å². The predicted molar refractivity (Wildman–Crippen MR) is 60.1 cm³/mol.